The zero-order valence-corrected chi connectivity index (χ0v) is 28.7. The molecule has 47 heavy (non-hydrogen) atoms. The minimum Gasteiger partial charge on any atom is -0.469 e. The molecule has 3 aromatic heterocycles. The van der Waals surface area contributed by atoms with E-state index in [0.29, 0.717) is 12.8 Å². The Morgan fingerprint density at radius 2 is 1.19 bits per heavy atom. The third kappa shape index (κ3) is 6.80. The molecule has 3 aromatic rings. The normalized spacial score (nSPS) is 14.4. The summed E-state index contributed by atoms with van der Waals surface area (Å²) >= 11 is 0. The molecule has 5 rings (SSSR count). The first-order valence-electron chi connectivity index (χ1n) is 15.8. The second-order valence-electron chi connectivity index (χ2n) is 12.0. The van der Waals surface area contributed by atoms with Crippen LogP contribution >= 0.6 is 0 Å². The van der Waals surface area contributed by atoms with Crippen molar-refractivity contribution in [1.82, 2.24) is 19.9 Å². The van der Waals surface area contributed by atoms with Gasteiger partial charge in [-0.15, -0.1) is 0 Å². The number of carbonyl (C=O) groups is 2. The van der Waals surface area contributed by atoms with E-state index >= 15 is 0 Å². The van der Waals surface area contributed by atoms with Gasteiger partial charge >= 0.3 is 11.9 Å². The summed E-state index contributed by atoms with van der Waals surface area (Å²) in [5.74, 6) is -0.579. The fourth-order valence-corrected chi connectivity index (χ4v) is 6.35. The molecule has 0 spiro atoms. The highest BCUT2D eigenvalue weighted by molar-refractivity contribution is 5.96. The number of hydrogen-bond acceptors (Lipinski definition) is 8. The number of allylic oxidation sites excluding steroid dienone is 4. The van der Waals surface area contributed by atoms with E-state index in [9.17, 15) is 9.59 Å². The maximum atomic E-state index is 12.2. The van der Waals surface area contributed by atoms with Gasteiger partial charge in [0.05, 0.1) is 49.2 Å². The van der Waals surface area contributed by atoms with Crippen LogP contribution in [0.15, 0.2) is 30.3 Å². The molecule has 5 heterocycles. The van der Waals surface area contributed by atoms with Crippen molar-refractivity contribution in [1.29, 1.82) is 0 Å². The number of rotatable bonds is 10. The molecule has 8 bridgehead atoms. The summed E-state index contributed by atoms with van der Waals surface area (Å²) in [7, 11) is 6.19. The van der Waals surface area contributed by atoms with E-state index in [2.05, 4.69) is 35.1 Å². The minimum absolute atomic E-state index is 0.161. The van der Waals surface area contributed by atoms with Crippen molar-refractivity contribution in [3.63, 3.8) is 0 Å². The lowest BCUT2D eigenvalue weighted by molar-refractivity contribution is -0.141. The van der Waals surface area contributed by atoms with Crippen LogP contribution in [0.3, 0.4) is 0 Å². The van der Waals surface area contributed by atoms with Crippen molar-refractivity contribution in [2.45, 2.75) is 72.5 Å². The Morgan fingerprint density at radius 1 is 0.660 bits per heavy atom. The maximum absolute atomic E-state index is 12.2. The third-order valence-electron chi connectivity index (χ3n) is 9.34. The number of aromatic amines is 2. The Balaban J connectivity index is 1.89. The number of fused-ring (bicyclic) bond motifs is 8. The first-order valence-corrected chi connectivity index (χ1v) is 15.8. The first-order chi connectivity index (χ1) is 22.5. The molecule has 0 aromatic carbocycles. The summed E-state index contributed by atoms with van der Waals surface area (Å²) in [6, 6.07) is 10.3. The molecule has 0 radical (unpaired) electrons. The van der Waals surface area contributed by atoms with Crippen molar-refractivity contribution >= 4 is 56.3 Å². The molecule has 2 unspecified atom stereocenters. The number of aromatic nitrogens is 4. The zero-order valence-electron chi connectivity index (χ0n) is 28.7. The van der Waals surface area contributed by atoms with E-state index in [1.165, 1.54) is 14.2 Å². The number of hydrogen-bond donors (Lipinski definition) is 2. The van der Waals surface area contributed by atoms with Gasteiger partial charge in [0, 0.05) is 60.3 Å². The number of ether oxygens (including phenoxy) is 4. The van der Waals surface area contributed by atoms with Crippen LogP contribution in [-0.4, -0.2) is 60.3 Å². The van der Waals surface area contributed by atoms with Crippen LogP contribution in [0.4, 0.5) is 0 Å². The van der Waals surface area contributed by atoms with Crippen molar-refractivity contribution in [3.8, 4) is 0 Å². The quantitative estimate of drug-likeness (QED) is 0.215. The number of aryl methyl sites for hydroxylation is 1. The van der Waals surface area contributed by atoms with E-state index in [-0.39, 0.29) is 37.0 Å². The molecule has 10 nitrogen and oxygen atoms in total. The molecule has 0 aliphatic carbocycles. The van der Waals surface area contributed by atoms with Crippen LogP contribution in [0.25, 0.3) is 44.4 Å². The second kappa shape index (κ2) is 14.1. The topological polar surface area (TPSA) is 128 Å². The fourth-order valence-electron chi connectivity index (χ4n) is 6.35. The van der Waals surface area contributed by atoms with Crippen LogP contribution in [0, 0.1) is 6.92 Å². The number of carbonyl (C=O) groups excluding carboxylic acids is 2. The highest BCUT2D eigenvalue weighted by Gasteiger charge is 2.23. The monoisotopic (exact) mass is 640 g/mol. The molecule has 2 N–H and O–H groups in total. The highest BCUT2D eigenvalue weighted by atomic mass is 16.5. The molecule has 10 heteroatoms. The second-order valence-corrected chi connectivity index (χ2v) is 12.0. The van der Waals surface area contributed by atoms with Gasteiger partial charge in [-0.2, -0.15) is 0 Å². The number of methoxy groups -OCH3 is 4. The Bertz CT molecular complexity index is 1950. The van der Waals surface area contributed by atoms with E-state index in [1.54, 1.807) is 14.2 Å². The van der Waals surface area contributed by atoms with Gasteiger partial charge in [-0.1, -0.05) is 0 Å². The van der Waals surface area contributed by atoms with Crippen molar-refractivity contribution in [2.75, 3.05) is 28.4 Å². The molecule has 0 saturated carbocycles. The molecule has 248 valence electrons. The lowest BCUT2D eigenvalue weighted by atomic mass is 9.98. The van der Waals surface area contributed by atoms with Gasteiger partial charge in [-0.3, -0.25) is 9.59 Å². The van der Waals surface area contributed by atoms with E-state index < -0.39 is 0 Å². The molecule has 2 aliphatic heterocycles. The summed E-state index contributed by atoms with van der Waals surface area (Å²) in [6.07, 6.45) is 1.01. The Labute approximate surface area is 275 Å². The molecule has 2 atom stereocenters. The van der Waals surface area contributed by atoms with E-state index in [0.717, 1.165) is 83.8 Å². The Morgan fingerprint density at radius 3 is 1.70 bits per heavy atom. The predicted molar refractivity (Wildman–Crippen MR) is 184 cm³/mol. The Hall–Kier alpha value is -4.54. The minimum atomic E-state index is -0.290. The smallest absolute Gasteiger partial charge is 0.305 e. The van der Waals surface area contributed by atoms with Gasteiger partial charge in [0.1, 0.15) is 0 Å². The van der Waals surface area contributed by atoms with Crippen LogP contribution in [0.1, 0.15) is 105 Å². The van der Waals surface area contributed by atoms with Crippen molar-refractivity contribution in [2.24, 2.45) is 0 Å². The van der Waals surface area contributed by atoms with Crippen LogP contribution < -0.4 is 0 Å². The largest absolute Gasteiger partial charge is 0.469 e. The lowest BCUT2D eigenvalue weighted by Gasteiger charge is -2.09. The third-order valence-corrected chi connectivity index (χ3v) is 9.34. The van der Waals surface area contributed by atoms with Gasteiger partial charge in [0.25, 0.3) is 0 Å². The van der Waals surface area contributed by atoms with Crippen LogP contribution in [0.2, 0.25) is 0 Å². The summed E-state index contributed by atoms with van der Waals surface area (Å²) in [4.78, 5) is 41.9. The van der Waals surface area contributed by atoms with Gasteiger partial charge in [-0.25, -0.2) is 9.97 Å². The lowest BCUT2D eigenvalue weighted by Crippen LogP contribution is -2.01. The molecule has 0 fully saturated rings. The molecule has 2 aliphatic rings. The van der Waals surface area contributed by atoms with Crippen molar-refractivity contribution < 1.29 is 28.5 Å². The van der Waals surface area contributed by atoms with Crippen LogP contribution in [0.5, 0.6) is 0 Å². The van der Waals surface area contributed by atoms with Gasteiger partial charge < -0.3 is 28.9 Å². The summed E-state index contributed by atoms with van der Waals surface area (Å²) in [5.41, 5.74) is 13.6. The summed E-state index contributed by atoms with van der Waals surface area (Å²) in [5, 5.41) is 0. The fraction of sp³-hybridized carbons (Fsp3) is 0.405. The number of esters is 2. The maximum Gasteiger partial charge on any atom is 0.305 e. The van der Waals surface area contributed by atoms with Gasteiger partial charge in [0.15, 0.2) is 0 Å². The standard InChI is InChI=1S/C37H44N4O6/c1-19-25(10-12-35(42)46-8)31-18-32-26(11-13-36(43)47-9)20(2)29(40-32)17-33-27(22(4)44-6)14-24(38-33)15-34-37(23(5)45-7)21(3)30(41-34)16-28(19)39-31/h14-18,22-23,38,41H,10-13H2,1-9H3. The van der Waals surface area contributed by atoms with Crippen LogP contribution in [-0.2, 0) is 28.5 Å². The number of nitrogens with zero attached hydrogens (tertiary/aromatic N) is 2. The van der Waals surface area contributed by atoms with E-state index in [4.69, 9.17) is 28.9 Å². The van der Waals surface area contributed by atoms with E-state index in [1.807, 2.05) is 39.8 Å². The molecule has 0 saturated heterocycles. The highest BCUT2D eigenvalue weighted by Crippen LogP contribution is 2.38. The number of nitrogens with one attached hydrogen (secondary N) is 2. The molecule has 0 amide bonds. The zero-order chi connectivity index (χ0) is 34.0. The molecular weight excluding hydrogens is 596 g/mol. The van der Waals surface area contributed by atoms with Gasteiger partial charge in [-0.05, 0) is 106 Å². The average molecular weight is 641 g/mol. The first kappa shape index (κ1) is 33.8. The SMILES string of the molecule is COC(=O)CCC1=C(C)c2cc3[nH]c(cc3C(C)OC)cc3[nH]c(cc4nc(cc1n2)C(CCC(=O)OC)=C4C)c(C)c3C(C)OC. The summed E-state index contributed by atoms with van der Waals surface area (Å²) in [6.45, 7) is 10.2. The predicted octanol–water partition coefficient (Wildman–Crippen LogP) is 7.81. The van der Waals surface area contributed by atoms with Crippen molar-refractivity contribution in [3.05, 3.63) is 69.8 Å². The summed E-state index contributed by atoms with van der Waals surface area (Å²) < 4.78 is 21.5. The van der Waals surface area contributed by atoms with Gasteiger partial charge in [0.2, 0.25) is 0 Å². The number of H-pyrrole nitrogens is 2. The Kier molecular flexibility index (Phi) is 10.1. The molecular formula is C37H44N4O6. The average Bonchev–Trinajstić information content (AvgIpc) is 3.77.